The van der Waals surface area contributed by atoms with E-state index in [9.17, 15) is 5.11 Å². The van der Waals surface area contributed by atoms with Gasteiger partial charge in [-0.25, -0.2) is 0 Å². The second kappa shape index (κ2) is 9.78. The smallest absolute Gasteiger partial charge is 0.119 e. The van der Waals surface area contributed by atoms with Crippen molar-refractivity contribution in [2.24, 2.45) is 0 Å². The summed E-state index contributed by atoms with van der Waals surface area (Å²) in [5, 5.41) is 19.0. The third-order valence-corrected chi connectivity index (χ3v) is 2.90. The van der Waals surface area contributed by atoms with Gasteiger partial charge in [-0.15, -0.1) is 0 Å². The van der Waals surface area contributed by atoms with E-state index in [0.717, 1.165) is 25.1 Å². The number of ether oxygens (including phenoxy) is 1. The molecular formula is C15H25NO3. The van der Waals surface area contributed by atoms with E-state index in [1.807, 2.05) is 30.3 Å². The number of nitrogens with zero attached hydrogens (tertiary/aromatic N) is 1. The maximum absolute atomic E-state index is 9.96. The van der Waals surface area contributed by atoms with Gasteiger partial charge in [-0.2, -0.15) is 0 Å². The molecule has 1 aromatic rings. The van der Waals surface area contributed by atoms with E-state index < -0.39 is 6.10 Å². The van der Waals surface area contributed by atoms with E-state index in [1.54, 1.807) is 0 Å². The monoisotopic (exact) mass is 267 g/mol. The van der Waals surface area contributed by atoms with Gasteiger partial charge in [0.05, 0.1) is 6.61 Å². The Morgan fingerprint density at radius 3 is 2.58 bits per heavy atom. The van der Waals surface area contributed by atoms with Crippen LogP contribution in [-0.2, 0) is 0 Å². The Balaban J connectivity index is 2.29. The lowest BCUT2D eigenvalue weighted by Crippen LogP contribution is -2.37. The van der Waals surface area contributed by atoms with Gasteiger partial charge in [-0.1, -0.05) is 31.5 Å². The molecule has 4 nitrogen and oxygen atoms in total. The molecule has 0 bridgehead atoms. The fourth-order valence-corrected chi connectivity index (χ4v) is 1.88. The Kier molecular flexibility index (Phi) is 8.21. The minimum Gasteiger partial charge on any atom is -0.491 e. The van der Waals surface area contributed by atoms with Gasteiger partial charge in [-0.3, -0.25) is 4.90 Å². The van der Waals surface area contributed by atoms with Gasteiger partial charge in [0, 0.05) is 13.1 Å². The zero-order valence-electron chi connectivity index (χ0n) is 11.7. The average molecular weight is 267 g/mol. The van der Waals surface area contributed by atoms with E-state index in [2.05, 4.69) is 11.8 Å². The van der Waals surface area contributed by atoms with Crippen molar-refractivity contribution >= 4 is 0 Å². The zero-order chi connectivity index (χ0) is 13.9. The predicted octanol–water partition coefficient (Wildman–Crippen LogP) is 1.52. The Bertz CT molecular complexity index is 318. The molecule has 0 saturated carbocycles. The molecule has 0 unspecified atom stereocenters. The number of hydrogen-bond acceptors (Lipinski definition) is 4. The molecule has 1 rings (SSSR count). The van der Waals surface area contributed by atoms with E-state index in [1.165, 1.54) is 0 Å². The highest BCUT2D eigenvalue weighted by atomic mass is 16.5. The number of para-hydroxylation sites is 1. The Labute approximate surface area is 115 Å². The average Bonchev–Trinajstić information content (AvgIpc) is 2.44. The number of aliphatic hydroxyl groups is 2. The van der Waals surface area contributed by atoms with Crippen molar-refractivity contribution in [3.8, 4) is 5.75 Å². The summed E-state index contributed by atoms with van der Waals surface area (Å²) in [5.74, 6) is 0.767. The summed E-state index contributed by atoms with van der Waals surface area (Å²) in [5.41, 5.74) is 0. The molecule has 2 N–H and O–H groups in total. The topological polar surface area (TPSA) is 52.9 Å². The molecular weight excluding hydrogens is 242 g/mol. The second-order valence-electron chi connectivity index (χ2n) is 4.66. The number of rotatable bonds is 10. The second-order valence-corrected chi connectivity index (χ2v) is 4.66. The van der Waals surface area contributed by atoms with Crippen molar-refractivity contribution in [2.75, 3.05) is 32.8 Å². The van der Waals surface area contributed by atoms with Gasteiger partial charge < -0.3 is 14.9 Å². The maximum Gasteiger partial charge on any atom is 0.119 e. The lowest BCUT2D eigenvalue weighted by molar-refractivity contribution is 0.0613. The minimum absolute atomic E-state index is 0.121. The maximum atomic E-state index is 9.96. The van der Waals surface area contributed by atoms with E-state index in [0.29, 0.717) is 13.1 Å². The van der Waals surface area contributed by atoms with Gasteiger partial charge >= 0.3 is 0 Å². The number of hydrogen-bond donors (Lipinski definition) is 2. The van der Waals surface area contributed by atoms with Crippen LogP contribution in [0.25, 0.3) is 0 Å². The van der Waals surface area contributed by atoms with Crippen molar-refractivity contribution in [2.45, 2.75) is 25.9 Å². The molecule has 1 atom stereocenters. The van der Waals surface area contributed by atoms with E-state index in [-0.39, 0.29) is 13.2 Å². The fraction of sp³-hybridized carbons (Fsp3) is 0.600. The molecule has 1 aromatic carbocycles. The fourth-order valence-electron chi connectivity index (χ4n) is 1.88. The summed E-state index contributed by atoms with van der Waals surface area (Å²) in [6.07, 6.45) is 1.65. The van der Waals surface area contributed by atoms with Crippen LogP contribution in [0.5, 0.6) is 5.75 Å². The standard InChI is InChI=1S/C15H25NO3/c1-2-3-9-16(10-11-17)12-14(18)13-19-15-7-5-4-6-8-15/h4-8,14,17-18H,2-3,9-13H2,1H3/t14-/m1/s1. The Morgan fingerprint density at radius 2 is 1.95 bits per heavy atom. The molecule has 0 aromatic heterocycles. The molecule has 0 fully saturated rings. The molecule has 0 spiro atoms. The molecule has 0 radical (unpaired) electrons. The van der Waals surface area contributed by atoms with Crippen molar-refractivity contribution in [3.05, 3.63) is 30.3 Å². The van der Waals surface area contributed by atoms with E-state index >= 15 is 0 Å². The third kappa shape index (κ3) is 7.15. The first-order chi connectivity index (χ1) is 9.26. The van der Waals surface area contributed by atoms with Crippen LogP contribution in [0, 0.1) is 0 Å². The van der Waals surface area contributed by atoms with Crippen LogP contribution >= 0.6 is 0 Å². The number of unbranched alkanes of at least 4 members (excludes halogenated alkanes) is 1. The van der Waals surface area contributed by atoms with Crippen molar-refractivity contribution in [1.82, 2.24) is 4.90 Å². The number of aliphatic hydroxyl groups excluding tert-OH is 2. The highest BCUT2D eigenvalue weighted by molar-refractivity contribution is 5.20. The van der Waals surface area contributed by atoms with Crippen LogP contribution in [0.3, 0.4) is 0 Å². The molecule has 0 saturated heterocycles. The van der Waals surface area contributed by atoms with Crippen molar-refractivity contribution in [1.29, 1.82) is 0 Å². The molecule has 0 aliphatic rings. The Hall–Kier alpha value is -1.10. The molecule has 4 heteroatoms. The molecule has 0 aliphatic heterocycles. The van der Waals surface area contributed by atoms with Crippen molar-refractivity contribution in [3.63, 3.8) is 0 Å². The largest absolute Gasteiger partial charge is 0.491 e. The first-order valence-electron chi connectivity index (χ1n) is 6.95. The lowest BCUT2D eigenvalue weighted by atomic mass is 10.2. The SMILES string of the molecule is CCCCN(CCO)C[C@@H](O)COc1ccccc1. The first-order valence-corrected chi connectivity index (χ1v) is 6.95. The van der Waals surface area contributed by atoms with Crippen LogP contribution in [0.1, 0.15) is 19.8 Å². The van der Waals surface area contributed by atoms with E-state index in [4.69, 9.17) is 9.84 Å². The molecule has 19 heavy (non-hydrogen) atoms. The van der Waals surface area contributed by atoms with Gasteiger partial charge in [0.1, 0.15) is 18.5 Å². The van der Waals surface area contributed by atoms with Crippen LogP contribution < -0.4 is 4.74 Å². The van der Waals surface area contributed by atoms with Gasteiger partial charge in [0.25, 0.3) is 0 Å². The summed E-state index contributed by atoms with van der Waals surface area (Å²) in [7, 11) is 0. The summed E-state index contributed by atoms with van der Waals surface area (Å²) in [6.45, 7) is 4.56. The van der Waals surface area contributed by atoms with Gasteiger partial charge in [-0.05, 0) is 25.1 Å². The predicted molar refractivity (Wildman–Crippen MR) is 76.4 cm³/mol. The lowest BCUT2D eigenvalue weighted by Gasteiger charge is -2.24. The number of benzene rings is 1. The summed E-state index contributed by atoms with van der Waals surface area (Å²) < 4.78 is 5.51. The summed E-state index contributed by atoms with van der Waals surface area (Å²) >= 11 is 0. The Morgan fingerprint density at radius 1 is 1.21 bits per heavy atom. The highest BCUT2D eigenvalue weighted by Gasteiger charge is 2.11. The first kappa shape index (κ1) is 16.0. The molecule has 0 heterocycles. The molecule has 108 valence electrons. The van der Waals surface area contributed by atoms with Gasteiger partial charge in [0.2, 0.25) is 0 Å². The molecule has 0 amide bonds. The van der Waals surface area contributed by atoms with Gasteiger partial charge in [0.15, 0.2) is 0 Å². The van der Waals surface area contributed by atoms with Crippen LogP contribution in [-0.4, -0.2) is 54.1 Å². The van der Waals surface area contributed by atoms with Crippen LogP contribution in [0.15, 0.2) is 30.3 Å². The third-order valence-electron chi connectivity index (χ3n) is 2.90. The molecule has 0 aliphatic carbocycles. The summed E-state index contributed by atoms with van der Waals surface area (Å²) in [6, 6.07) is 9.48. The summed E-state index contributed by atoms with van der Waals surface area (Å²) in [4.78, 5) is 2.07. The quantitative estimate of drug-likeness (QED) is 0.675. The van der Waals surface area contributed by atoms with Crippen LogP contribution in [0.2, 0.25) is 0 Å². The normalized spacial score (nSPS) is 12.6. The van der Waals surface area contributed by atoms with Crippen molar-refractivity contribution < 1.29 is 14.9 Å². The van der Waals surface area contributed by atoms with Crippen LogP contribution in [0.4, 0.5) is 0 Å². The zero-order valence-corrected chi connectivity index (χ0v) is 11.7. The highest BCUT2D eigenvalue weighted by Crippen LogP contribution is 2.08. The minimum atomic E-state index is -0.538.